The zero-order chi connectivity index (χ0) is 14.3. The van der Waals surface area contributed by atoms with Gasteiger partial charge in [-0.2, -0.15) is 0 Å². The highest BCUT2D eigenvalue weighted by atomic mass is 16.5. The third kappa shape index (κ3) is 2.03. The summed E-state index contributed by atoms with van der Waals surface area (Å²) < 4.78 is 10.8. The van der Waals surface area contributed by atoms with E-state index >= 15 is 0 Å². The number of likely N-dealkylation sites (tertiary alicyclic amines) is 1. The second kappa shape index (κ2) is 4.86. The fraction of sp³-hybridized carbons (Fsp3) is 0.714. The zero-order valence-corrected chi connectivity index (χ0v) is 11.8. The smallest absolute Gasteiger partial charge is 0.292 e. The van der Waals surface area contributed by atoms with Gasteiger partial charge in [0.15, 0.2) is 0 Å². The van der Waals surface area contributed by atoms with Gasteiger partial charge in [0.25, 0.3) is 5.91 Å². The first-order valence-corrected chi connectivity index (χ1v) is 7.03. The number of amides is 1. The highest BCUT2D eigenvalue weighted by molar-refractivity contribution is 5.92. The molecule has 20 heavy (non-hydrogen) atoms. The third-order valence-corrected chi connectivity index (χ3v) is 4.66. The van der Waals surface area contributed by atoms with Crippen molar-refractivity contribution < 1.29 is 19.2 Å². The Hall–Kier alpha value is -1.40. The number of carbonyl (C=O) groups excluding carboxylic acids is 1. The van der Waals surface area contributed by atoms with Gasteiger partial charge in [-0.1, -0.05) is 5.16 Å². The van der Waals surface area contributed by atoms with Crippen LogP contribution in [-0.4, -0.2) is 52.5 Å². The Balaban J connectivity index is 1.85. The number of carbonyl (C=O) groups is 1. The molecular weight excluding hydrogens is 260 g/mol. The summed E-state index contributed by atoms with van der Waals surface area (Å²) in [5, 5.41) is 13.7. The number of aromatic nitrogens is 1. The van der Waals surface area contributed by atoms with Crippen LogP contribution in [0.25, 0.3) is 0 Å². The molecule has 1 aliphatic carbocycles. The maximum atomic E-state index is 12.5. The number of ether oxygens (including phenoxy) is 1. The van der Waals surface area contributed by atoms with Gasteiger partial charge in [-0.25, -0.2) is 0 Å². The highest BCUT2D eigenvalue weighted by Gasteiger charge is 2.52. The second-order valence-corrected chi connectivity index (χ2v) is 5.79. The molecule has 1 amide bonds. The lowest BCUT2D eigenvalue weighted by Crippen LogP contribution is -2.52. The Labute approximate surface area is 117 Å². The standard InChI is InChI=1S/C14H20N2O4/c1-9-7-11(20-15-9)13(18)16-6-5-14(19-2)4-3-10(17)8-12(14)16/h7,10,12,17H,3-6,8H2,1-2H3/t10-,12+,14-/m1/s1. The molecule has 0 spiro atoms. The lowest BCUT2D eigenvalue weighted by Gasteiger charge is -2.42. The molecule has 0 radical (unpaired) electrons. The number of aliphatic hydroxyl groups is 1. The summed E-state index contributed by atoms with van der Waals surface area (Å²) in [5.74, 6) is 0.0955. The summed E-state index contributed by atoms with van der Waals surface area (Å²) >= 11 is 0. The van der Waals surface area contributed by atoms with Crippen LogP contribution in [0, 0.1) is 6.92 Å². The van der Waals surface area contributed by atoms with E-state index in [0.717, 1.165) is 19.3 Å². The van der Waals surface area contributed by atoms with Crippen molar-refractivity contribution in [3.63, 3.8) is 0 Å². The molecule has 1 aromatic rings. The van der Waals surface area contributed by atoms with E-state index in [9.17, 15) is 9.90 Å². The molecule has 6 heteroatoms. The van der Waals surface area contributed by atoms with Crippen molar-refractivity contribution >= 4 is 5.91 Å². The number of nitrogens with zero attached hydrogens (tertiary/aromatic N) is 2. The van der Waals surface area contributed by atoms with Crippen LogP contribution < -0.4 is 0 Å². The lowest BCUT2D eigenvalue weighted by atomic mass is 9.79. The molecule has 3 rings (SSSR count). The van der Waals surface area contributed by atoms with E-state index in [4.69, 9.17) is 9.26 Å². The molecule has 3 atom stereocenters. The Morgan fingerprint density at radius 1 is 1.60 bits per heavy atom. The van der Waals surface area contributed by atoms with Crippen molar-refractivity contribution in [3.05, 3.63) is 17.5 Å². The molecular formula is C14H20N2O4. The average Bonchev–Trinajstić information content (AvgIpc) is 3.02. The van der Waals surface area contributed by atoms with E-state index in [-0.39, 0.29) is 29.4 Å². The van der Waals surface area contributed by atoms with E-state index in [2.05, 4.69) is 5.16 Å². The fourth-order valence-corrected chi connectivity index (χ4v) is 3.53. The first-order valence-electron chi connectivity index (χ1n) is 7.03. The van der Waals surface area contributed by atoms with Crippen molar-refractivity contribution in [1.29, 1.82) is 0 Å². The molecule has 6 nitrogen and oxygen atoms in total. The molecule has 110 valence electrons. The molecule has 1 saturated carbocycles. The van der Waals surface area contributed by atoms with Gasteiger partial charge in [0, 0.05) is 19.7 Å². The number of rotatable bonds is 2. The molecule has 0 aromatic carbocycles. The summed E-state index contributed by atoms with van der Waals surface area (Å²) in [5.41, 5.74) is 0.374. The van der Waals surface area contributed by atoms with E-state index in [0.29, 0.717) is 18.7 Å². The number of aliphatic hydroxyl groups excluding tert-OH is 1. The minimum Gasteiger partial charge on any atom is -0.393 e. The van der Waals surface area contributed by atoms with Crippen molar-refractivity contribution in [2.75, 3.05) is 13.7 Å². The fourth-order valence-electron chi connectivity index (χ4n) is 3.53. The molecule has 0 unspecified atom stereocenters. The minimum atomic E-state index is -0.367. The minimum absolute atomic E-state index is 0.0887. The van der Waals surface area contributed by atoms with Crippen LogP contribution in [0.4, 0.5) is 0 Å². The molecule has 1 N–H and O–H groups in total. The Kier molecular flexibility index (Phi) is 3.30. The molecule has 1 saturated heterocycles. The predicted molar refractivity (Wildman–Crippen MR) is 70.3 cm³/mol. The maximum absolute atomic E-state index is 12.5. The Bertz CT molecular complexity index is 515. The van der Waals surface area contributed by atoms with E-state index in [1.807, 2.05) is 0 Å². The van der Waals surface area contributed by atoms with Crippen LogP contribution in [0.15, 0.2) is 10.6 Å². The largest absolute Gasteiger partial charge is 0.393 e. The maximum Gasteiger partial charge on any atom is 0.292 e. The normalized spacial score (nSPS) is 33.2. The predicted octanol–water partition coefficient (Wildman–Crippen LogP) is 1.13. The first kappa shape index (κ1) is 13.6. The van der Waals surface area contributed by atoms with Gasteiger partial charge >= 0.3 is 0 Å². The van der Waals surface area contributed by atoms with Crippen LogP contribution in [0.2, 0.25) is 0 Å². The lowest BCUT2D eigenvalue weighted by molar-refractivity contribution is -0.0827. The molecule has 2 fully saturated rings. The van der Waals surface area contributed by atoms with Crippen molar-refractivity contribution in [1.82, 2.24) is 10.1 Å². The quantitative estimate of drug-likeness (QED) is 0.878. The first-order chi connectivity index (χ1) is 9.55. The summed E-state index contributed by atoms with van der Waals surface area (Å²) in [6.07, 6.45) is 2.52. The SMILES string of the molecule is CO[C@@]12CC[C@@H](O)C[C@@H]1N(C(=O)c1cc(C)no1)CC2. The molecule has 2 aliphatic rings. The van der Waals surface area contributed by atoms with E-state index in [1.165, 1.54) is 0 Å². The van der Waals surface area contributed by atoms with E-state index < -0.39 is 0 Å². The second-order valence-electron chi connectivity index (χ2n) is 5.79. The molecule has 1 aromatic heterocycles. The molecule has 0 bridgehead atoms. The number of fused-ring (bicyclic) bond motifs is 1. The van der Waals surface area contributed by atoms with Gasteiger partial charge in [0.2, 0.25) is 5.76 Å². The molecule has 2 heterocycles. The molecule has 1 aliphatic heterocycles. The van der Waals surface area contributed by atoms with Gasteiger partial charge in [0.05, 0.1) is 23.4 Å². The number of hydrogen-bond donors (Lipinski definition) is 1. The Morgan fingerprint density at radius 2 is 2.40 bits per heavy atom. The highest BCUT2D eigenvalue weighted by Crippen LogP contribution is 2.42. The van der Waals surface area contributed by atoms with Gasteiger partial charge in [-0.3, -0.25) is 4.79 Å². The van der Waals surface area contributed by atoms with Crippen LogP contribution >= 0.6 is 0 Å². The number of methoxy groups -OCH3 is 1. The number of hydrogen-bond acceptors (Lipinski definition) is 5. The topological polar surface area (TPSA) is 75.8 Å². The summed E-state index contributed by atoms with van der Waals surface area (Å²) in [6, 6.07) is 1.56. The third-order valence-electron chi connectivity index (χ3n) is 4.66. The van der Waals surface area contributed by atoms with Crippen LogP contribution in [-0.2, 0) is 4.74 Å². The summed E-state index contributed by atoms with van der Waals surface area (Å²) in [7, 11) is 1.69. The van der Waals surface area contributed by atoms with E-state index in [1.54, 1.807) is 25.0 Å². The zero-order valence-electron chi connectivity index (χ0n) is 11.8. The van der Waals surface area contributed by atoms with Crippen LogP contribution in [0.3, 0.4) is 0 Å². The monoisotopic (exact) mass is 280 g/mol. The number of aryl methyl sites for hydroxylation is 1. The van der Waals surface area contributed by atoms with Crippen molar-refractivity contribution in [2.24, 2.45) is 0 Å². The van der Waals surface area contributed by atoms with Gasteiger partial charge in [-0.05, 0) is 32.6 Å². The van der Waals surface area contributed by atoms with Gasteiger partial charge < -0.3 is 19.3 Å². The van der Waals surface area contributed by atoms with Gasteiger partial charge in [0.1, 0.15) is 0 Å². The van der Waals surface area contributed by atoms with Crippen molar-refractivity contribution in [2.45, 2.75) is 50.4 Å². The summed E-state index contributed by atoms with van der Waals surface area (Å²) in [6.45, 7) is 2.41. The summed E-state index contributed by atoms with van der Waals surface area (Å²) in [4.78, 5) is 14.3. The van der Waals surface area contributed by atoms with Crippen LogP contribution in [0.5, 0.6) is 0 Å². The Morgan fingerprint density at radius 3 is 3.05 bits per heavy atom. The van der Waals surface area contributed by atoms with Crippen LogP contribution in [0.1, 0.15) is 41.9 Å². The van der Waals surface area contributed by atoms with Crippen molar-refractivity contribution in [3.8, 4) is 0 Å². The van der Waals surface area contributed by atoms with Gasteiger partial charge in [-0.15, -0.1) is 0 Å². The average molecular weight is 280 g/mol.